The number of benzene rings is 1. The van der Waals surface area contributed by atoms with Gasteiger partial charge in [0.15, 0.2) is 7.85 Å². The van der Waals surface area contributed by atoms with Gasteiger partial charge in [0.1, 0.15) is 19.1 Å². The van der Waals surface area contributed by atoms with E-state index in [-0.39, 0.29) is 6.42 Å². The first-order valence-corrected chi connectivity index (χ1v) is 4.64. The van der Waals surface area contributed by atoms with Crippen LogP contribution in [0.2, 0.25) is 0 Å². The molecule has 2 rings (SSSR count). The van der Waals surface area contributed by atoms with Gasteiger partial charge in [-0.2, -0.15) is 0 Å². The fourth-order valence-corrected chi connectivity index (χ4v) is 1.93. The molecule has 1 aliphatic heterocycles. The average Bonchev–Trinajstić information content (AvgIpc) is 2.16. The molecule has 0 fully saturated rings. The number of rotatable bonds is 1. The van der Waals surface area contributed by atoms with Crippen molar-refractivity contribution in [2.24, 2.45) is 5.29 Å². The Morgan fingerprint density at radius 2 is 1.94 bits per heavy atom. The highest BCUT2D eigenvalue weighted by Crippen LogP contribution is 2.37. The fraction of sp³-hybridized carbons (Fsp3) is 0.333. The minimum atomic E-state index is -2.21. The van der Waals surface area contributed by atoms with Crippen molar-refractivity contribution in [1.82, 2.24) is 5.01 Å². The van der Waals surface area contributed by atoms with Crippen LogP contribution in [0.25, 0.3) is 0 Å². The van der Waals surface area contributed by atoms with E-state index >= 15 is 0 Å². The van der Waals surface area contributed by atoms with Gasteiger partial charge in [0.25, 0.3) is 0 Å². The molecular formula is C9H8B2N2O3. The number of nitrogens with zero attached hydrogens (tertiary/aromatic N) is 2. The van der Waals surface area contributed by atoms with Crippen LogP contribution < -0.4 is 0 Å². The van der Waals surface area contributed by atoms with Crippen molar-refractivity contribution in [3.05, 3.63) is 40.3 Å². The lowest BCUT2D eigenvalue weighted by molar-refractivity contribution is -0.167. The topological polar surface area (TPSA) is 73.1 Å². The summed E-state index contributed by atoms with van der Waals surface area (Å²) in [6.45, 7) is 0. The molecule has 1 aromatic rings. The van der Waals surface area contributed by atoms with Crippen LogP contribution in [-0.2, 0) is 12.0 Å². The maximum atomic E-state index is 10.6. The average molecular weight is 214 g/mol. The summed E-state index contributed by atoms with van der Waals surface area (Å²) >= 11 is 0. The molecule has 0 aliphatic carbocycles. The molecule has 0 aromatic heterocycles. The Labute approximate surface area is 94.8 Å². The van der Waals surface area contributed by atoms with E-state index in [0.717, 1.165) is 0 Å². The Morgan fingerprint density at radius 3 is 2.56 bits per heavy atom. The molecule has 0 amide bonds. The van der Waals surface area contributed by atoms with Crippen LogP contribution in [-0.4, -0.2) is 36.5 Å². The predicted molar refractivity (Wildman–Crippen MR) is 58.1 cm³/mol. The van der Waals surface area contributed by atoms with Gasteiger partial charge in [-0.25, -0.2) is 5.01 Å². The van der Waals surface area contributed by atoms with Crippen LogP contribution in [0.3, 0.4) is 0 Å². The number of nitroso groups, excluding NO2 is 1. The minimum absolute atomic E-state index is 0.0472. The lowest BCUT2D eigenvalue weighted by atomic mass is 9.70. The molecule has 16 heavy (non-hydrogen) atoms. The van der Waals surface area contributed by atoms with E-state index in [1.54, 1.807) is 24.3 Å². The van der Waals surface area contributed by atoms with Crippen molar-refractivity contribution in [1.29, 1.82) is 0 Å². The van der Waals surface area contributed by atoms with Gasteiger partial charge in [-0.05, 0) is 11.1 Å². The molecule has 4 radical (unpaired) electrons. The van der Waals surface area contributed by atoms with E-state index < -0.39 is 11.2 Å². The van der Waals surface area contributed by atoms with Crippen LogP contribution in [0.15, 0.2) is 29.6 Å². The predicted octanol–water partition coefficient (Wildman–Crippen LogP) is -0.688. The van der Waals surface area contributed by atoms with Crippen LogP contribution in [0.5, 0.6) is 0 Å². The van der Waals surface area contributed by atoms with Crippen molar-refractivity contribution in [2.75, 3.05) is 0 Å². The number of aliphatic hydroxyl groups is 2. The molecule has 0 spiro atoms. The summed E-state index contributed by atoms with van der Waals surface area (Å²) in [6.07, 6.45) is -0.0472. The van der Waals surface area contributed by atoms with Crippen LogP contribution in [0.4, 0.5) is 0 Å². The Kier molecular flexibility index (Phi) is 2.32. The van der Waals surface area contributed by atoms with E-state index in [1.165, 1.54) is 0 Å². The smallest absolute Gasteiger partial charge is 0.153 e. The van der Waals surface area contributed by atoms with Crippen molar-refractivity contribution < 1.29 is 10.2 Å². The molecule has 78 valence electrons. The molecular weight excluding hydrogens is 206 g/mol. The molecule has 1 aromatic carbocycles. The molecule has 2 atom stereocenters. The van der Waals surface area contributed by atoms with Gasteiger partial charge in [-0.3, -0.25) is 0 Å². The van der Waals surface area contributed by atoms with E-state index in [4.69, 9.17) is 15.7 Å². The molecule has 0 saturated heterocycles. The first-order valence-electron chi connectivity index (χ1n) is 4.64. The van der Waals surface area contributed by atoms with Crippen molar-refractivity contribution in [3.63, 3.8) is 0 Å². The van der Waals surface area contributed by atoms with Gasteiger partial charge < -0.3 is 10.2 Å². The molecule has 1 heterocycles. The maximum absolute atomic E-state index is 10.6. The van der Waals surface area contributed by atoms with Crippen molar-refractivity contribution in [2.45, 2.75) is 17.7 Å². The van der Waals surface area contributed by atoms with E-state index in [2.05, 4.69) is 5.29 Å². The molecule has 1 aliphatic rings. The molecule has 2 N–H and O–H groups in total. The van der Waals surface area contributed by atoms with Gasteiger partial charge in [0.05, 0.1) is 5.29 Å². The first kappa shape index (κ1) is 11.2. The Hall–Kier alpha value is -1.33. The highest BCUT2D eigenvalue weighted by Gasteiger charge is 2.47. The van der Waals surface area contributed by atoms with Crippen LogP contribution in [0.1, 0.15) is 11.1 Å². The molecule has 5 nitrogen and oxygen atoms in total. The van der Waals surface area contributed by atoms with Gasteiger partial charge in [0.2, 0.25) is 0 Å². The molecule has 2 unspecified atom stereocenters. The summed E-state index contributed by atoms with van der Waals surface area (Å²) in [4.78, 5) is 10.6. The fourth-order valence-electron chi connectivity index (χ4n) is 1.93. The molecule has 0 bridgehead atoms. The van der Waals surface area contributed by atoms with Gasteiger partial charge in [-0.15, -0.1) is 4.91 Å². The monoisotopic (exact) mass is 214 g/mol. The lowest BCUT2D eigenvalue weighted by Gasteiger charge is -2.47. The number of fused-ring (bicyclic) bond motifs is 1. The number of hydrogen-bond donors (Lipinski definition) is 2. The highest BCUT2D eigenvalue weighted by molar-refractivity contribution is 6.18. The first-order chi connectivity index (χ1) is 7.39. The summed E-state index contributed by atoms with van der Waals surface area (Å²) in [7, 11) is 11.0. The zero-order chi connectivity index (χ0) is 12.0. The second-order valence-corrected chi connectivity index (χ2v) is 3.83. The normalized spacial score (nSPS) is 33.2. The summed E-state index contributed by atoms with van der Waals surface area (Å²) in [5.74, 6) is 0. The Bertz CT molecular complexity index is 437. The Morgan fingerprint density at radius 1 is 1.31 bits per heavy atom. The Balaban J connectivity index is 2.62. The minimum Gasteiger partial charge on any atom is -0.378 e. The standard InChI is InChI=1S/C9H8B2N2O3/c10-8(14)5-6-3-1-2-4-7(6)9(11,15)13(8)12-16/h1-4,14-15H,5H2. The molecule has 0 saturated carbocycles. The zero-order valence-electron chi connectivity index (χ0n) is 8.37. The molecule has 7 heteroatoms. The van der Waals surface area contributed by atoms with Crippen molar-refractivity contribution in [3.8, 4) is 0 Å². The SMILES string of the molecule is [B]C1(O)Cc2ccccc2C([B])(O)N1N=O. The summed E-state index contributed by atoms with van der Waals surface area (Å²) in [6, 6.07) is 6.57. The second kappa shape index (κ2) is 3.33. The number of hydrogen-bond acceptors (Lipinski definition) is 4. The summed E-state index contributed by atoms with van der Waals surface area (Å²) in [5, 5.41) is 22.6. The third-order valence-electron chi connectivity index (χ3n) is 2.64. The third kappa shape index (κ3) is 1.44. The van der Waals surface area contributed by atoms with E-state index in [1.807, 2.05) is 0 Å². The van der Waals surface area contributed by atoms with Gasteiger partial charge in [-0.1, -0.05) is 24.3 Å². The zero-order valence-corrected chi connectivity index (χ0v) is 8.37. The lowest BCUT2D eigenvalue weighted by Crippen LogP contribution is -2.61. The van der Waals surface area contributed by atoms with Gasteiger partial charge in [0, 0.05) is 6.42 Å². The van der Waals surface area contributed by atoms with E-state index in [9.17, 15) is 15.1 Å². The maximum Gasteiger partial charge on any atom is 0.153 e. The van der Waals surface area contributed by atoms with E-state index in [0.29, 0.717) is 16.1 Å². The largest absolute Gasteiger partial charge is 0.378 e. The summed E-state index contributed by atoms with van der Waals surface area (Å²) in [5.41, 5.74) is -3.44. The highest BCUT2D eigenvalue weighted by atomic mass is 16.4. The van der Waals surface area contributed by atoms with Crippen molar-refractivity contribution >= 4 is 15.7 Å². The quantitative estimate of drug-likeness (QED) is 0.479. The van der Waals surface area contributed by atoms with Gasteiger partial charge >= 0.3 is 0 Å². The van der Waals surface area contributed by atoms with Crippen LogP contribution >= 0.6 is 0 Å². The van der Waals surface area contributed by atoms with Crippen LogP contribution in [0, 0.1) is 4.91 Å². The third-order valence-corrected chi connectivity index (χ3v) is 2.64. The summed E-state index contributed by atoms with van der Waals surface area (Å²) < 4.78 is 0. The second-order valence-electron chi connectivity index (χ2n) is 3.83.